The van der Waals surface area contributed by atoms with Crippen LogP contribution in [0.3, 0.4) is 0 Å². The maximum Gasteiger partial charge on any atom is 0.423 e. The van der Waals surface area contributed by atoms with E-state index in [9.17, 15) is 0 Å². The van der Waals surface area contributed by atoms with Gasteiger partial charge in [0.05, 0.1) is 0 Å². The maximum atomic E-state index is 6.12. The van der Waals surface area contributed by atoms with Gasteiger partial charge in [-0.15, -0.1) is 22.2 Å². The Kier molecular flexibility index (Phi) is 4.26. The molecule has 0 radical (unpaired) electrons. The van der Waals surface area contributed by atoms with Crippen LogP contribution in [0.5, 0.6) is 0 Å². The van der Waals surface area contributed by atoms with Crippen LogP contribution in [0, 0.1) is 0 Å². The summed E-state index contributed by atoms with van der Waals surface area (Å²) >= 11 is 12.2. The van der Waals surface area contributed by atoms with E-state index in [-0.39, 0.29) is 0 Å². The lowest BCUT2D eigenvalue weighted by Crippen LogP contribution is -2.40. The topological polar surface area (TPSA) is 9.23 Å². The summed E-state index contributed by atoms with van der Waals surface area (Å²) in [5.41, 5.74) is 0. The molecule has 1 rings (SSSR count). The summed E-state index contributed by atoms with van der Waals surface area (Å²) in [6.45, 7) is -0.00578. The molecule has 0 atom stereocenters. The first-order valence-corrected chi connectivity index (χ1v) is 8.17. The van der Waals surface area contributed by atoms with Crippen LogP contribution in [-0.2, 0) is 4.43 Å². The molecule has 0 aliphatic carbocycles. The Morgan fingerprint density at radius 2 is 1.85 bits per heavy atom. The number of halogens is 2. The Balaban J connectivity index is 2.69. The van der Waals surface area contributed by atoms with Gasteiger partial charge in [0.1, 0.15) is 0 Å². The first-order valence-electron chi connectivity index (χ1n) is 4.24. The lowest BCUT2D eigenvalue weighted by atomic mass is 10.4. The van der Waals surface area contributed by atoms with E-state index in [1.54, 1.807) is 0 Å². The second-order valence-electron chi connectivity index (χ2n) is 2.73. The minimum Gasteiger partial charge on any atom is -0.389 e. The van der Waals surface area contributed by atoms with E-state index in [1.165, 1.54) is 0 Å². The summed E-state index contributed by atoms with van der Waals surface area (Å²) in [7, 11) is 0. The van der Waals surface area contributed by atoms with E-state index >= 15 is 0 Å². The fourth-order valence-corrected chi connectivity index (χ4v) is 3.37. The third-order valence-corrected chi connectivity index (χ3v) is 5.13. The fraction of sp³-hybridized carbons (Fsp3) is 0.333. The Morgan fingerprint density at radius 1 is 1.23 bits per heavy atom. The van der Waals surface area contributed by atoms with Crippen LogP contribution in [0.1, 0.15) is 13.3 Å². The standard InChI is InChI=1S/C9H12Cl2OSi/c1-2-8-12-13(10,11)9-6-4-3-5-7-9/h3-7H,2,8H2,1H3. The van der Waals surface area contributed by atoms with E-state index in [0.29, 0.717) is 6.61 Å². The van der Waals surface area contributed by atoms with E-state index < -0.39 is 6.94 Å². The van der Waals surface area contributed by atoms with Crippen LogP contribution in [0.15, 0.2) is 30.3 Å². The van der Waals surface area contributed by atoms with Gasteiger partial charge in [-0.2, -0.15) is 0 Å². The van der Waals surface area contributed by atoms with Crippen molar-refractivity contribution >= 4 is 34.3 Å². The second-order valence-corrected chi connectivity index (χ2v) is 8.40. The Hall–Kier alpha value is -0.0231. The molecule has 1 aromatic carbocycles. The van der Waals surface area contributed by atoms with Gasteiger partial charge in [-0.1, -0.05) is 37.3 Å². The van der Waals surface area contributed by atoms with Crippen molar-refractivity contribution in [1.29, 1.82) is 0 Å². The van der Waals surface area contributed by atoms with Crippen LogP contribution >= 0.6 is 22.2 Å². The summed E-state index contributed by atoms with van der Waals surface area (Å²) in [5, 5.41) is 0.909. The molecule has 0 amide bonds. The highest BCUT2D eigenvalue weighted by Crippen LogP contribution is 2.16. The Morgan fingerprint density at radius 3 is 2.38 bits per heavy atom. The zero-order chi connectivity index (χ0) is 9.73. The van der Waals surface area contributed by atoms with Gasteiger partial charge in [0.25, 0.3) is 0 Å². The summed E-state index contributed by atoms with van der Waals surface area (Å²) in [6, 6.07) is 9.57. The van der Waals surface area contributed by atoms with Crippen LogP contribution in [0.25, 0.3) is 0 Å². The lowest BCUT2D eigenvalue weighted by Gasteiger charge is -2.16. The molecular weight excluding hydrogens is 223 g/mol. The van der Waals surface area contributed by atoms with Crippen molar-refractivity contribution in [2.75, 3.05) is 6.61 Å². The predicted octanol–water partition coefficient (Wildman–Crippen LogP) is 2.74. The Labute approximate surface area is 89.2 Å². The van der Waals surface area contributed by atoms with E-state index in [0.717, 1.165) is 11.6 Å². The first-order chi connectivity index (χ1) is 6.17. The van der Waals surface area contributed by atoms with Crippen molar-refractivity contribution in [3.05, 3.63) is 30.3 Å². The second kappa shape index (κ2) is 5.01. The molecule has 0 saturated carbocycles. The summed E-state index contributed by atoms with van der Waals surface area (Å²) < 4.78 is 5.43. The largest absolute Gasteiger partial charge is 0.423 e. The lowest BCUT2D eigenvalue weighted by molar-refractivity contribution is 0.331. The molecule has 0 N–H and O–H groups in total. The zero-order valence-corrected chi connectivity index (χ0v) is 9.98. The number of rotatable bonds is 4. The van der Waals surface area contributed by atoms with Crippen molar-refractivity contribution in [3.63, 3.8) is 0 Å². The SMILES string of the molecule is CCCO[Si](Cl)(Cl)c1ccccc1. The molecule has 13 heavy (non-hydrogen) atoms. The molecule has 4 heteroatoms. The average Bonchev–Trinajstić information content (AvgIpc) is 2.16. The summed E-state index contributed by atoms with van der Waals surface area (Å²) in [6.07, 6.45) is 0.932. The highest BCUT2D eigenvalue weighted by molar-refractivity contribution is 7.48. The van der Waals surface area contributed by atoms with Crippen molar-refractivity contribution < 1.29 is 4.43 Å². The van der Waals surface area contributed by atoms with Gasteiger partial charge < -0.3 is 4.43 Å². The maximum absolute atomic E-state index is 6.12. The molecule has 1 aromatic rings. The van der Waals surface area contributed by atoms with Gasteiger partial charge in [-0.3, -0.25) is 0 Å². The molecular formula is C9H12Cl2OSi. The van der Waals surface area contributed by atoms with Crippen molar-refractivity contribution in [2.45, 2.75) is 13.3 Å². The summed E-state index contributed by atoms with van der Waals surface area (Å²) in [4.78, 5) is 0. The van der Waals surface area contributed by atoms with Gasteiger partial charge in [0.2, 0.25) is 0 Å². The molecule has 1 nitrogen and oxygen atoms in total. The van der Waals surface area contributed by atoms with Gasteiger partial charge in [-0.05, 0) is 11.6 Å². The average molecular weight is 235 g/mol. The number of hydrogen-bond acceptors (Lipinski definition) is 1. The zero-order valence-electron chi connectivity index (χ0n) is 7.47. The Bertz CT molecular complexity index is 251. The fourth-order valence-electron chi connectivity index (χ4n) is 0.946. The van der Waals surface area contributed by atoms with Crippen LogP contribution < -0.4 is 5.19 Å². The van der Waals surface area contributed by atoms with Crippen molar-refractivity contribution in [2.24, 2.45) is 0 Å². The molecule has 0 bridgehead atoms. The molecule has 0 saturated heterocycles. The molecule has 0 aliphatic heterocycles. The predicted molar refractivity (Wildman–Crippen MR) is 59.8 cm³/mol. The molecule has 72 valence electrons. The molecule has 0 aromatic heterocycles. The summed E-state index contributed by atoms with van der Waals surface area (Å²) in [5.74, 6) is 0. The highest BCUT2D eigenvalue weighted by Gasteiger charge is 2.32. The molecule has 0 unspecified atom stereocenters. The van der Waals surface area contributed by atoms with Gasteiger partial charge >= 0.3 is 6.94 Å². The molecule has 0 aliphatic rings. The van der Waals surface area contributed by atoms with Gasteiger partial charge in [0.15, 0.2) is 0 Å². The van der Waals surface area contributed by atoms with Gasteiger partial charge in [0, 0.05) is 6.61 Å². The third kappa shape index (κ3) is 3.31. The quantitative estimate of drug-likeness (QED) is 0.576. The van der Waals surface area contributed by atoms with Crippen LogP contribution in [0.2, 0.25) is 0 Å². The molecule has 0 heterocycles. The number of hydrogen-bond donors (Lipinski definition) is 0. The first kappa shape index (κ1) is 11.1. The van der Waals surface area contributed by atoms with E-state index in [1.807, 2.05) is 37.3 Å². The van der Waals surface area contributed by atoms with E-state index in [4.69, 9.17) is 26.6 Å². The normalized spacial score (nSPS) is 11.6. The van der Waals surface area contributed by atoms with Crippen LogP contribution in [-0.4, -0.2) is 13.5 Å². The smallest absolute Gasteiger partial charge is 0.389 e. The minimum atomic E-state index is -2.66. The van der Waals surface area contributed by atoms with Crippen LogP contribution in [0.4, 0.5) is 0 Å². The van der Waals surface area contributed by atoms with Crippen molar-refractivity contribution in [1.82, 2.24) is 0 Å². The van der Waals surface area contributed by atoms with Gasteiger partial charge in [-0.25, -0.2) is 0 Å². The third-order valence-electron chi connectivity index (χ3n) is 1.60. The minimum absolute atomic E-state index is 0.619. The monoisotopic (exact) mass is 234 g/mol. The number of benzene rings is 1. The highest BCUT2D eigenvalue weighted by atomic mass is 35.7. The molecule has 0 spiro atoms. The molecule has 0 fully saturated rings. The van der Waals surface area contributed by atoms with Crippen molar-refractivity contribution in [3.8, 4) is 0 Å². The van der Waals surface area contributed by atoms with E-state index in [2.05, 4.69) is 0 Å².